The second-order valence-corrected chi connectivity index (χ2v) is 6.37. The minimum atomic E-state index is 0.341. The van der Waals surface area contributed by atoms with E-state index in [1.54, 1.807) is 0 Å². The molecule has 0 saturated heterocycles. The molecule has 22 heavy (non-hydrogen) atoms. The summed E-state index contributed by atoms with van der Waals surface area (Å²) in [6.45, 7) is 5.36. The van der Waals surface area contributed by atoms with Gasteiger partial charge in [-0.3, -0.25) is 4.68 Å². The Morgan fingerprint density at radius 3 is 2.59 bits per heavy atom. The van der Waals surface area contributed by atoms with Gasteiger partial charge in [-0.1, -0.05) is 24.3 Å². The van der Waals surface area contributed by atoms with Crippen molar-refractivity contribution < 1.29 is 0 Å². The van der Waals surface area contributed by atoms with Gasteiger partial charge in [-0.15, -0.1) is 0 Å². The van der Waals surface area contributed by atoms with E-state index in [1.807, 2.05) is 17.9 Å². The third-order valence-electron chi connectivity index (χ3n) is 4.18. The van der Waals surface area contributed by atoms with Crippen LogP contribution in [0.25, 0.3) is 0 Å². The Kier molecular flexibility index (Phi) is 5.75. The van der Waals surface area contributed by atoms with E-state index >= 15 is 0 Å². The SMILES string of the molecule is Cc1ccccc1C[C@H](C)NC[C@H](c1cnn(C)c1)N(C)C. The molecule has 0 radical (unpaired) electrons. The molecule has 1 aromatic carbocycles. The Balaban J connectivity index is 1.93. The molecular formula is C18H28N4. The summed E-state index contributed by atoms with van der Waals surface area (Å²) >= 11 is 0. The smallest absolute Gasteiger partial charge is 0.0538 e. The van der Waals surface area contributed by atoms with E-state index in [9.17, 15) is 0 Å². The summed E-state index contributed by atoms with van der Waals surface area (Å²) in [7, 11) is 6.20. The summed E-state index contributed by atoms with van der Waals surface area (Å²) in [4.78, 5) is 2.24. The van der Waals surface area contributed by atoms with E-state index in [4.69, 9.17) is 0 Å². The molecule has 0 aliphatic carbocycles. The van der Waals surface area contributed by atoms with Crippen molar-refractivity contribution in [1.29, 1.82) is 0 Å². The zero-order valence-corrected chi connectivity index (χ0v) is 14.4. The Labute approximate surface area is 134 Å². The van der Waals surface area contributed by atoms with Crippen LogP contribution in [0.1, 0.15) is 29.7 Å². The summed E-state index contributed by atoms with van der Waals surface area (Å²) in [5.74, 6) is 0. The fourth-order valence-corrected chi connectivity index (χ4v) is 2.76. The maximum atomic E-state index is 4.29. The van der Waals surface area contributed by atoms with Crippen molar-refractivity contribution in [2.24, 2.45) is 7.05 Å². The minimum absolute atomic E-state index is 0.341. The predicted molar refractivity (Wildman–Crippen MR) is 92.0 cm³/mol. The average molecular weight is 300 g/mol. The van der Waals surface area contributed by atoms with Crippen LogP contribution in [0.3, 0.4) is 0 Å². The predicted octanol–water partition coefficient (Wildman–Crippen LogP) is 2.55. The molecule has 0 amide bonds. The summed E-state index contributed by atoms with van der Waals surface area (Å²) in [6.07, 6.45) is 5.11. The van der Waals surface area contributed by atoms with Crippen molar-refractivity contribution in [2.45, 2.75) is 32.4 Å². The lowest BCUT2D eigenvalue weighted by Gasteiger charge is -2.26. The molecule has 1 aromatic heterocycles. The lowest BCUT2D eigenvalue weighted by molar-refractivity contribution is 0.281. The van der Waals surface area contributed by atoms with Crippen molar-refractivity contribution in [3.8, 4) is 0 Å². The van der Waals surface area contributed by atoms with E-state index < -0.39 is 0 Å². The number of hydrogen-bond donors (Lipinski definition) is 1. The molecule has 120 valence electrons. The Morgan fingerprint density at radius 2 is 2.00 bits per heavy atom. The second kappa shape index (κ2) is 7.56. The van der Waals surface area contributed by atoms with E-state index in [0.29, 0.717) is 12.1 Å². The van der Waals surface area contributed by atoms with E-state index in [2.05, 4.69) is 73.7 Å². The van der Waals surface area contributed by atoms with Gasteiger partial charge in [-0.2, -0.15) is 5.10 Å². The van der Waals surface area contributed by atoms with Gasteiger partial charge in [0.15, 0.2) is 0 Å². The molecule has 4 nitrogen and oxygen atoms in total. The highest BCUT2D eigenvalue weighted by Gasteiger charge is 2.16. The molecule has 0 saturated carbocycles. The minimum Gasteiger partial charge on any atom is -0.312 e. The lowest BCUT2D eigenvalue weighted by atomic mass is 10.0. The first-order chi connectivity index (χ1) is 10.5. The summed E-state index contributed by atoms with van der Waals surface area (Å²) in [5.41, 5.74) is 4.04. The monoisotopic (exact) mass is 300 g/mol. The number of nitrogens with one attached hydrogen (secondary N) is 1. The van der Waals surface area contributed by atoms with Gasteiger partial charge in [-0.25, -0.2) is 0 Å². The Hall–Kier alpha value is -1.65. The molecular weight excluding hydrogens is 272 g/mol. The van der Waals surface area contributed by atoms with Crippen LogP contribution < -0.4 is 5.32 Å². The molecule has 4 heteroatoms. The maximum Gasteiger partial charge on any atom is 0.0538 e. The van der Waals surface area contributed by atoms with Crippen molar-refractivity contribution in [2.75, 3.05) is 20.6 Å². The van der Waals surface area contributed by atoms with Crippen LogP contribution in [0.15, 0.2) is 36.7 Å². The molecule has 0 aliphatic rings. The van der Waals surface area contributed by atoms with Gasteiger partial charge in [0.25, 0.3) is 0 Å². The third kappa shape index (κ3) is 4.42. The van der Waals surface area contributed by atoms with Crippen molar-refractivity contribution in [1.82, 2.24) is 20.0 Å². The number of nitrogens with zero attached hydrogens (tertiary/aromatic N) is 3. The third-order valence-corrected chi connectivity index (χ3v) is 4.18. The molecule has 0 bridgehead atoms. The fraction of sp³-hybridized carbons (Fsp3) is 0.500. The molecule has 0 fully saturated rings. The molecule has 0 spiro atoms. The van der Waals surface area contributed by atoms with Crippen LogP contribution >= 0.6 is 0 Å². The first-order valence-electron chi connectivity index (χ1n) is 7.90. The molecule has 0 unspecified atom stereocenters. The molecule has 1 N–H and O–H groups in total. The molecule has 2 atom stereocenters. The zero-order valence-electron chi connectivity index (χ0n) is 14.4. The van der Waals surface area contributed by atoms with Gasteiger partial charge in [0.2, 0.25) is 0 Å². The average Bonchev–Trinajstić information content (AvgIpc) is 2.87. The van der Waals surface area contributed by atoms with Crippen molar-refractivity contribution in [3.63, 3.8) is 0 Å². The van der Waals surface area contributed by atoms with Gasteiger partial charge in [0.1, 0.15) is 0 Å². The molecule has 1 heterocycles. The van der Waals surface area contributed by atoms with Gasteiger partial charge in [-0.05, 0) is 45.5 Å². The topological polar surface area (TPSA) is 33.1 Å². The normalized spacial score (nSPS) is 14.3. The summed E-state index contributed by atoms with van der Waals surface area (Å²) in [5, 5.41) is 7.96. The summed E-state index contributed by atoms with van der Waals surface area (Å²) < 4.78 is 1.86. The Morgan fingerprint density at radius 1 is 1.27 bits per heavy atom. The quantitative estimate of drug-likeness (QED) is 0.853. The van der Waals surface area contributed by atoms with Gasteiger partial charge >= 0.3 is 0 Å². The van der Waals surface area contributed by atoms with Crippen LogP contribution in [0, 0.1) is 6.92 Å². The first-order valence-corrected chi connectivity index (χ1v) is 7.90. The van der Waals surface area contributed by atoms with E-state index in [-0.39, 0.29) is 0 Å². The number of hydrogen-bond acceptors (Lipinski definition) is 3. The number of rotatable bonds is 7. The Bertz CT molecular complexity index is 588. The van der Waals surface area contributed by atoms with Gasteiger partial charge in [0.05, 0.1) is 6.20 Å². The number of aromatic nitrogens is 2. The van der Waals surface area contributed by atoms with E-state index in [0.717, 1.165) is 13.0 Å². The standard InChI is InChI=1S/C18H28N4/c1-14-8-6-7-9-16(14)10-15(2)19-12-18(21(3)4)17-11-20-22(5)13-17/h6-9,11,13,15,18-19H,10,12H2,1-5H3/t15-,18+/m0/s1. The molecule has 2 rings (SSSR count). The number of likely N-dealkylation sites (N-methyl/N-ethyl adjacent to an activating group) is 1. The van der Waals surface area contributed by atoms with Crippen LogP contribution in [0.4, 0.5) is 0 Å². The first kappa shape index (κ1) is 16.7. The van der Waals surface area contributed by atoms with Gasteiger partial charge < -0.3 is 10.2 Å². The van der Waals surface area contributed by atoms with Gasteiger partial charge in [0, 0.05) is 37.4 Å². The van der Waals surface area contributed by atoms with Crippen LogP contribution in [-0.2, 0) is 13.5 Å². The van der Waals surface area contributed by atoms with Crippen LogP contribution in [0.2, 0.25) is 0 Å². The summed E-state index contributed by atoms with van der Waals surface area (Å²) in [6, 6.07) is 9.40. The van der Waals surface area contributed by atoms with Crippen molar-refractivity contribution in [3.05, 3.63) is 53.3 Å². The number of aryl methyl sites for hydroxylation is 2. The lowest BCUT2D eigenvalue weighted by Crippen LogP contribution is -2.36. The number of benzene rings is 1. The highest BCUT2D eigenvalue weighted by molar-refractivity contribution is 5.26. The highest BCUT2D eigenvalue weighted by atomic mass is 15.2. The maximum absolute atomic E-state index is 4.29. The largest absolute Gasteiger partial charge is 0.312 e. The zero-order chi connectivity index (χ0) is 16.1. The van der Waals surface area contributed by atoms with Crippen LogP contribution in [0.5, 0.6) is 0 Å². The van der Waals surface area contributed by atoms with E-state index in [1.165, 1.54) is 16.7 Å². The molecule has 0 aliphatic heterocycles. The van der Waals surface area contributed by atoms with Crippen molar-refractivity contribution >= 4 is 0 Å². The molecule has 2 aromatic rings. The highest BCUT2D eigenvalue weighted by Crippen LogP contribution is 2.17. The van der Waals surface area contributed by atoms with Crippen LogP contribution in [-0.4, -0.2) is 41.4 Å². The second-order valence-electron chi connectivity index (χ2n) is 6.37. The fourth-order valence-electron chi connectivity index (χ4n) is 2.76.